The number of rotatable bonds is 11. The third-order valence-electron chi connectivity index (χ3n) is 3.98. The summed E-state index contributed by atoms with van der Waals surface area (Å²) in [5, 5.41) is 3.45. The predicted molar refractivity (Wildman–Crippen MR) is 117 cm³/mol. The van der Waals surface area contributed by atoms with Crippen LogP contribution in [0.15, 0.2) is 55.1 Å². The van der Waals surface area contributed by atoms with Crippen molar-refractivity contribution in [1.29, 1.82) is 0 Å². The van der Waals surface area contributed by atoms with Crippen molar-refractivity contribution in [3.8, 4) is 5.75 Å². The fourth-order valence-electron chi connectivity index (χ4n) is 2.55. The van der Waals surface area contributed by atoms with E-state index in [1.807, 2.05) is 19.1 Å². The van der Waals surface area contributed by atoms with Gasteiger partial charge in [0.15, 0.2) is 0 Å². The van der Waals surface area contributed by atoms with Gasteiger partial charge in [-0.3, -0.25) is 4.79 Å². The molecule has 0 aliphatic carbocycles. The average molecular weight is 437 g/mol. The van der Waals surface area contributed by atoms with Gasteiger partial charge in [0.2, 0.25) is 15.9 Å². The highest BCUT2D eigenvalue weighted by atomic mass is 35.5. The van der Waals surface area contributed by atoms with E-state index in [4.69, 9.17) is 16.3 Å². The van der Waals surface area contributed by atoms with E-state index >= 15 is 0 Å². The first-order valence-corrected chi connectivity index (χ1v) is 11.2. The first-order valence-electron chi connectivity index (χ1n) is 9.15. The highest BCUT2D eigenvalue weighted by Crippen LogP contribution is 2.22. The molecule has 29 heavy (non-hydrogen) atoms. The summed E-state index contributed by atoms with van der Waals surface area (Å²) in [6, 6.07) is 12.1. The van der Waals surface area contributed by atoms with Crippen molar-refractivity contribution >= 4 is 33.2 Å². The number of nitrogens with one attached hydrogen (secondary N) is 2. The zero-order valence-corrected chi connectivity index (χ0v) is 17.9. The average Bonchev–Trinajstić information content (AvgIpc) is 2.66. The molecule has 0 aromatic heterocycles. The lowest BCUT2D eigenvalue weighted by atomic mass is 10.2. The van der Waals surface area contributed by atoms with Gasteiger partial charge >= 0.3 is 0 Å². The fraction of sp³-hybridized carbons (Fsp3) is 0.286. The second-order valence-corrected chi connectivity index (χ2v) is 8.75. The van der Waals surface area contributed by atoms with Gasteiger partial charge in [-0.05, 0) is 54.8 Å². The van der Waals surface area contributed by atoms with Crippen LogP contribution in [0.4, 0.5) is 5.69 Å². The molecule has 0 heterocycles. The van der Waals surface area contributed by atoms with Gasteiger partial charge in [-0.1, -0.05) is 29.8 Å². The number of ether oxygens (including phenoxy) is 1. The minimum atomic E-state index is -3.41. The Morgan fingerprint density at radius 1 is 1.21 bits per heavy atom. The second kappa shape index (κ2) is 11.0. The summed E-state index contributed by atoms with van der Waals surface area (Å²) in [6.07, 6.45) is 2.37. The smallest absolute Gasteiger partial charge is 0.224 e. The van der Waals surface area contributed by atoms with E-state index in [9.17, 15) is 13.2 Å². The van der Waals surface area contributed by atoms with Crippen LogP contribution in [0.3, 0.4) is 0 Å². The summed E-state index contributed by atoms with van der Waals surface area (Å²) in [4.78, 5) is 12.1. The van der Waals surface area contributed by atoms with Crippen LogP contribution in [0.25, 0.3) is 0 Å². The minimum Gasteiger partial charge on any atom is -0.493 e. The van der Waals surface area contributed by atoms with Crippen molar-refractivity contribution in [3.05, 3.63) is 71.3 Å². The molecule has 0 fully saturated rings. The molecule has 2 N–H and O–H groups in total. The number of hydrogen-bond acceptors (Lipinski definition) is 4. The summed E-state index contributed by atoms with van der Waals surface area (Å²) in [7, 11) is -3.41. The fourth-order valence-corrected chi connectivity index (χ4v) is 3.89. The number of sulfonamides is 1. The van der Waals surface area contributed by atoms with E-state index < -0.39 is 10.0 Å². The highest BCUT2D eigenvalue weighted by Gasteiger charge is 2.10. The molecular formula is C21H25ClN2O4S. The molecule has 0 bridgehead atoms. The molecule has 0 spiro atoms. The van der Waals surface area contributed by atoms with Crippen molar-refractivity contribution in [2.75, 3.05) is 18.5 Å². The summed E-state index contributed by atoms with van der Waals surface area (Å²) in [6.45, 7) is 6.01. The van der Waals surface area contributed by atoms with Gasteiger partial charge in [0, 0.05) is 23.7 Å². The Kier molecular flexibility index (Phi) is 8.70. The van der Waals surface area contributed by atoms with Gasteiger partial charge in [0.1, 0.15) is 5.75 Å². The van der Waals surface area contributed by atoms with Crippen LogP contribution < -0.4 is 14.8 Å². The first kappa shape index (κ1) is 22.9. The number of carbonyl (C=O) groups excluding carboxylic acids is 1. The van der Waals surface area contributed by atoms with Crippen LogP contribution in [-0.4, -0.2) is 27.5 Å². The maximum Gasteiger partial charge on any atom is 0.224 e. The van der Waals surface area contributed by atoms with Gasteiger partial charge < -0.3 is 10.1 Å². The molecule has 1 amide bonds. The van der Waals surface area contributed by atoms with E-state index in [1.54, 1.807) is 30.3 Å². The molecule has 0 radical (unpaired) electrons. The van der Waals surface area contributed by atoms with Gasteiger partial charge in [0.25, 0.3) is 0 Å². The molecule has 0 unspecified atom stereocenters. The van der Waals surface area contributed by atoms with Crippen LogP contribution in [0.1, 0.15) is 24.0 Å². The topological polar surface area (TPSA) is 84.5 Å². The maximum absolute atomic E-state index is 12.1. The molecule has 0 saturated heterocycles. The number of anilines is 1. The van der Waals surface area contributed by atoms with E-state index in [0.29, 0.717) is 35.7 Å². The summed E-state index contributed by atoms with van der Waals surface area (Å²) >= 11 is 5.91. The number of benzene rings is 2. The largest absolute Gasteiger partial charge is 0.493 e. The molecule has 0 atom stereocenters. The third kappa shape index (κ3) is 8.27. The molecule has 2 aromatic rings. The van der Waals surface area contributed by atoms with Gasteiger partial charge in [-0.25, -0.2) is 13.1 Å². The molecule has 0 aliphatic rings. The Hall–Kier alpha value is -2.35. The zero-order chi connectivity index (χ0) is 21.3. The zero-order valence-electron chi connectivity index (χ0n) is 16.3. The normalized spacial score (nSPS) is 11.1. The van der Waals surface area contributed by atoms with E-state index in [0.717, 1.165) is 11.3 Å². The minimum absolute atomic E-state index is 0.128. The lowest BCUT2D eigenvalue weighted by molar-refractivity contribution is -0.116. The molecule has 8 heteroatoms. The van der Waals surface area contributed by atoms with E-state index in [-0.39, 0.29) is 18.2 Å². The van der Waals surface area contributed by atoms with Crippen LogP contribution in [-0.2, 0) is 20.6 Å². The standard InChI is InChI=1S/C21H25ClN2O4S/c1-3-12-23-29(26,27)15-17-6-9-19(10-7-17)24-21(25)5-4-13-28-20-11-8-18(22)14-16(20)2/h3,6-11,14,23H,1,4-5,12-13,15H2,2H3,(H,24,25). The molecule has 2 aromatic carbocycles. The lowest BCUT2D eigenvalue weighted by Gasteiger charge is -2.10. The predicted octanol–water partition coefficient (Wildman–Crippen LogP) is 4.05. The summed E-state index contributed by atoms with van der Waals surface area (Å²) in [5.41, 5.74) is 2.19. The number of carbonyl (C=O) groups is 1. The van der Waals surface area contributed by atoms with Crippen LogP contribution >= 0.6 is 11.6 Å². The molecular weight excluding hydrogens is 412 g/mol. The van der Waals surface area contributed by atoms with E-state index in [2.05, 4.69) is 16.6 Å². The second-order valence-electron chi connectivity index (χ2n) is 6.50. The Morgan fingerprint density at radius 2 is 1.93 bits per heavy atom. The monoisotopic (exact) mass is 436 g/mol. The number of aryl methyl sites for hydroxylation is 1. The number of halogens is 1. The SMILES string of the molecule is C=CCNS(=O)(=O)Cc1ccc(NC(=O)CCCOc2ccc(Cl)cc2C)cc1. The molecule has 0 saturated carbocycles. The number of hydrogen-bond donors (Lipinski definition) is 2. The van der Waals surface area contributed by atoms with E-state index in [1.165, 1.54) is 6.08 Å². The Balaban J connectivity index is 1.75. The summed E-state index contributed by atoms with van der Waals surface area (Å²) < 4.78 is 31.8. The van der Waals surface area contributed by atoms with Crippen LogP contribution in [0, 0.1) is 6.92 Å². The van der Waals surface area contributed by atoms with Crippen molar-refractivity contribution in [3.63, 3.8) is 0 Å². The highest BCUT2D eigenvalue weighted by molar-refractivity contribution is 7.88. The van der Waals surface area contributed by atoms with Crippen LogP contribution in [0.5, 0.6) is 5.75 Å². The summed E-state index contributed by atoms with van der Waals surface area (Å²) in [5.74, 6) is 0.494. The van der Waals surface area contributed by atoms with Gasteiger partial charge in [-0.15, -0.1) is 6.58 Å². The van der Waals surface area contributed by atoms with Gasteiger partial charge in [-0.2, -0.15) is 0 Å². The Labute approximate surface area is 177 Å². The van der Waals surface area contributed by atoms with Crippen LogP contribution in [0.2, 0.25) is 5.02 Å². The van der Waals surface area contributed by atoms with Gasteiger partial charge in [0.05, 0.1) is 12.4 Å². The Bertz CT molecular complexity index is 944. The lowest BCUT2D eigenvalue weighted by Crippen LogP contribution is -2.25. The maximum atomic E-state index is 12.1. The molecule has 0 aliphatic heterocycles. The van der Waals surface area contributed by atoms with Crippen molar-refractivity contribution in [2.24, 2.45) is 0 Å². The van der Waals surface area contributed by atoms with Crippen molar-refractivity contribution in [1.82, 2.24) is 4.72 Å². The van der Waals surface area contributed by atoms with Crippen molar-refractivity contribution in [2.45, 2.75) is 25.5 Å². The van der Waals surface area contributed by atoms with Crippen molar-refractivity contribution < 1.29 is 17.9 Å². The quantitative estimate of drug-likeness (QED) is 0.411. The molecule has 2 rings (SSSR count). The third-order valence-corrected chi connectivity index (χ3v) is 5.54. The molecule has 156 valence electrons. The first-order chi connectivity index (χ1) is 13.8. The molecule has 6 nitrogen and oxygen atoms in total. The Morgan fingerprint density at radius 3 is 2.59 bits per heavy atom. The number of amides is 1.